The Morgan fingerprint density at radius 2 is 2.15 bits per heavy atom. The number of carbonyl (C=O) groups excluding carboxylic acids is 1. The summed E-state index contributed by atoms with van der Waals surface area (Å²) in [7, 11) is 0. The Labute approximate surface area is 163 Å². The number of nitrogens with one attached hydrogen (secondary N) is 1. The Hall–Kier alpha value is -1.34. The van der Waals surface area contributed by atoms with E-state index < -0.39 is 0 Å². The normalized spacial score (nSPS) is 16.9. The maximum absolute atomic E-state index is 12.4. The predicted molar refractivity (Wildman–Crippen MR) is 109 cm³/mol. The van der Waals surface area contributed by atoms with Crippen molar-refractivity contribution in [2.45, 2.75) is 30.4 Å². The van der Waals surface area contributed by atoms with Crippen molar-refractivity contribution in [1.82, 2.24) is 10.2 Å². The zero-order valence-corrected chi connectivity index (χ0v) is 16.6. The van der Waals surface area contributed by atoms with Crippen LogP contribution in [0.3, 0.4) is 0 Å². The van der Waals surface area contributed by atoms with E-state index >= 15 is 0 Å². The van der Waals surface area contributed by atoms with Crippen molar-refractivity contribution in [3.05, 3.63) is 52.7 Å². The molecule has 1 aliphatic heterocycles. The molecule has 6 heteroatoms. The lowest BCUT2D eigenvalue weighted by Crippen LogP contribution is -2.40. The van der Waals surface area contributed by atoms with Gasteiger partial charge in [-0.1, -0.05) is 24.3 Å². The van der Waals surface area contributed by atoms with Gasteiger partial charge in [0.2, 0.25) is 5.91 Å². The summed E-state index contributed by atoms with van der Waals surface area (Å²) >= 11 is 3.50. The Kier molecular flexibility index (Phi) is 8.01. The minimum absolute atomic E-state index is 0.0909. The number of ether oxygens (including phenoxy) is 1. The van der Waals surface area contributed by atoms with Crippen LogP contribution in [0, 0.1) is 0 Å². The Morgan fingerprint density at radius 1 is 1.27 bits per heavy atom. The van der Waals surface area contributed by atoms with Crippen molar-refractivity contribution in [1.29, 1.82) is 0 Å². The van der Waals surface area contributed by atoms with Crippen LogP contribution in [0.4, 0.5) is 0 Å². The van der Waals surface area contributed by atoms with Crippen LogP contribution < -0.4 is 5.32 Å². The Balaban J connectivity index is 1.41. The molecule has 0 saturated carbocycles. The highest BCUT2D eigenvalue weighted by molar-refractivity contribution is 7.99. The molecule has 1 saturated heterocycles. The summed E-state index contributed by atoms with van der Waals surface area (Å²) in [5.74, 6) is 0.972. The molecule has 1 aromatic heterocycles. The Bertz CT molecular complexity index is 643. The van der Waals surface area contributed by atoms with E-state index in [1.54, 1.807) is 23.1 Å². The number of hydrogen-bond donors (Lipinski definition) is 1. The van der Waals surface area contributed by atoms with Gasteiger partial charge < -0.3 is 10.1 Å². The summed E-state index contributed by atoms with van der Waals surface area (Å²) in [6, 6.07) is 14.5. The van der Waals surface area contributed by atoms with Gasteiger partial charge in [-0.05, 0) is 36.4 Å². The zero-order valence-electron chi connectivity index (χ0n) is 14.9. The number of thioether (sulfide) groups is 1. The van der Waals surface area contributed by atoms with Crippen LogP contribution in [0.2, 0.25) is 0 Å². The smallest absolute Gasteiger partial charge is 0.234 e. The molecule has 26 heavy (non-hydrogen) atoms. The van der Waals surface area contributed by atoms with Crippen molar-refractivity contribution in [3.63, 3.8) is 0 Å². The van der Waals surface area contributed by atoms with E-state index in [0.29, 0.717) is 13.1 Å². The molecule has 1 aromatic carbocycles. The molecule has 1 aliphatic rings. The van der Waals surface area contributed by atoms with Crippen LogP contribution in [0.15, 0.2) is 52.7 Å². The number of rotatable bonds is 10. The lowest BCUT2D eigenvalue weighted by atomic mass is 10.2. The minimum atomic E-state index is 0.0909. The Morgan fingerprint density at radius 3 is 2.88 bits per heavy atom. The highest BCUT2D eigenvalue weighted by Crippen LogP contribution is 2.17. The standard InChI is InChI=1S/C20H26N2O2S2/c23-20(21-10-13-26-18-7-2-1-3-8-18)16-22(14-17-6-4-11-24-17)15-19-9-5-12-25-19/h1-3,5,7-9,12,17H,4,6,10-11,13-16H2,(H,21,23). The molecule has 1 N–H and O–H groups in total. The van der Waals surface area contributed by atoms with Crippen molar-refractivity contribution in [3.8, 4) is 0 Å². The number of amides is 1. The van der Waals surface area contributed by atoms with Gasteiger partial charge in [0.05, 0.1) is 12.6 Å². The summed E-state index contributed by atoms with van der Waals surface area (Å²) in [5, 5.41) is 5.13. The lowest BCUT2D eigenvalue weighted by molar-refractivity contribution is -0.122. The van der Waals surface area contributed by atoms with Crippen LogP contribution in [0.1, 0.15) is 17.7 Å². The maximum Gasteiger partial charge on any atom is 0.234 e. The lowest BCUT2D eigenvalue weighted by Gasteiger charge is -2.24. The van der Waals surface area contributed by atoms with E-state index in [-0.39, 0.29) is 12.0 Å². The summed E-state index contributed by atoms with van der Waals surface area (Å²) in [5.41, 5.74) is 0. The SMILES string of the molecule is O=C(CN(Cc1cccs1)CC1CCCO1)NCCSc1ccccc1. The molecule has 1 amide bonds. The molecule has 1 atom stereocenters. The highest BCUT2D eigenvalue weighted by atomic mass is 32.2. The van der Waals surface area contributed by atoms with E-state index in [2.05, 4.69) is 39.9 Å². The van der Waals surface area contributed by atoms with Crippen molar-refractivity contribution < 1.29 is 9.53 Å². The number of benzene rings is 1. The number of thiophene rings is 1. The van der Waals surface area contributed by atoms with Gasteiger partial charge in [0.1, 0.15) is 0 Å². The van der Waals surface area contributed by atoms with Gasteiger partial charge in [-0.25, -0.2) is 0 Å². The predicted octanol–water partition coefficient (Wildman–Crippen LogP) is 3.64. The molecule has 2 aromatic rings. The number of hydrogen-bond acceptors (Lipinski definition) is 5. The van der Waals surface area contributed by atoms with Gasteiger partial charge in [-0.15, -0.1) is 23.1 Å². The maximum atomic E-state index is 12.4. The van der Waals surface area contributed by atoms with Crippen LogP contribution >= 0.6 is 23.1 Å². The second kappa shape index (κ2) is 10.7. The van der Waals surface area contributed by atoms with E-state index in [0.717, 1.165) is 38.3 Å². The molecule has 4 nitrogen and oxygen atoms in total. The fourth-order valence-electron chi connectivity index (χ4n) is 3.02. The molecule has 140 valence electrons. The summed E-state index contributed by atoms with van der Waals surface area (Å²) in [4.78, 5) is 17.1. The van der Waals surface area contributed by atoms with Gasteiger partial charge in [0.15, 0.2) is 0 Å². The molecule has 0 radical (unpaired) electrons. The van der Waals surface area contributed by atoms with Crippen molar-refractivity contribution in [2.75, 3.05) is 32.0 Å². The molecule has 0 aliphatic carbocycles. The first kappa shape index (κ1) is 19.4. The van der Waals surface area contributed by atoms with Crippen molar-refractivity contribution >= 4 is 29.0 Å². The summed E-state index contributed by atoms with van der Waals surface area (Å²) in [6.45, 7) is 3.59. The topological polar surface area (TPSA) is 41.6 Å². The molecule has 1 unspecified atom stereocenters. The van der Waals surface area contributed by atoms with E-state index in [1.165, 1.54) is 9.77 Å². The molecular weight excluding hydrogens is 364 g/mol. The van der Waals surface area contributed by atoms with E-state index in [4.69, 9.17) is 4.74 Å². The number of nitrogens with zero attached hydrogens (tertiary/aromatic N) is 1. The molecule has 3 rings (SSSR count). The first-order chi connectivity index (χ1) is 12.8. The first-order valence-corrected chi connectivity index (χ1v) is 11.0. The quantitative estimate of drug-likeness (QED) is 0.497. The average molecular weight is 391 g/mol. The first-order valence-electron chi connectivity index (χ1n) is 9.10. The molecule has 0 spiro atoms. The van der Waals surface area contributed by atoms with E-state index in [1.807, 2.05) is 18.2 Å². The van der Waals surface area contributed by atoms with Crippen molar-refractivity contribution in [2.24, 2.45) is 0 Å². The third-order valence-electron chi connectivity index (χ3n) is 4.25. The van der Waals surface area contributed by atoms with Crippen LogP contribution in [0.25, 0.3) is 0 Å². The molecule has 1 fully saturated rings. The second-order valence-corrected chi connectivity index (χ2v) is 8.60. The number of carbonyl (C=O) groups is 1. The van der Waals surface area contributed by atoms with E-state index in [9.17, 15) is 4.79 Å². The van der Waals surface area contributed by atoms with Gasteiger partial charge in [-0.3, -0.25) is 9.69 Å². The highest BCUT2D eigenvalue weighted by Gasteiger charge is 2.21. The second-order valence-electron chi connectivity index (χ2n) is 6.40. The summed E-state index contributed by atoms with van der Waals surface area (Å²) < 4.78 is 5.76. The molecular formula is C20H26N2O2S2. The molecule has 0 bridgehead atoms. The monoisotopic (exact) mass is 390 g/mol. The van der Waals surface area contributed by atoms with Gasteiger partial charge in [0.25, 0.3) is 0 Å². The van der Waals surface area contributed by atoms with Gasteiger partial charge in [-0.2, -0.15) is 0 Å². The van der Waals surface area contributed by atoms with Crippen LogP contribution in [0.5, 0.6) is 0 Å². The third kappa shape index (κ3) is 6.76. The largest absolute Gasteiger partial charge is 0.377 e. The fourth-order valence-corrected chi connectivity index (χ4v) is 4.55. The van der Waals surface area contributed by atoms with Crippen LogP contribution in [-0.2, 0) is 16.1 Å². The molecule has 2 heterocycles. The fraction of sp³-hybridized carbons (Fsp3) is 0.450. The third-order valence-corrected chi connectivity index (χ3v) is 6.12. The minimum Gasteiger partial charge on any atom is -0.377 e. The van der Waals surface area contributed by atoms with Gasteiger partial charge in [0, 0.05) is 41.8 Å². The summed E-state index contributed by atoms with van der Waals surface area (Å²) in [6.07, 6.45) is 2.48. The van der Waals surface area contributed by atoms with Gasteiger partial charge >= 0.3 is 0 Å². The van der Waals surface area contributed by atoms with Crippen LogP contribution in [-0.4, -0.2) is 48.9 Å². The average Bonchev–Trinajstić information content (AvgIpc) is 3.34. The zero-order chi connectivity index (χ0) is 18.0.